The van der Waals surface area contributed by atoms with E-state index in [0.29, 0.717) is 34.9 Å². The first-order chi connectivity index (χ1) is 17.5. The molecule has 0 aromatic heterocycles. The van der Waals surface area contributed by atoms with Crippen LogP contribution < -0.4 is 20.1 Å². The molecule has 0 saturated carbocycles. The normalized spacial score (nSPS) is 11.5. The lowest BCUT2D eigenvalue weighted by Gasteiger charge is -2.16. The molecule has 0 fully saturated rings. The average Bonchev–Trinajstić information content (AvgIpc) is 2.91. The quantitative estimate of drug-likeness (QED) is 0.253. The zero-order valence-corrected chi connectivity index (χ0v) is 21.2. The Hall–Kier alpha value is -3.97. The smallest absolute Gasteiger partial charge is 0.255 e. The molecule has 0 radical (unpaired) electrons. The summed E-state index contributed by atoms with van der Waals surface area (Å²) in [5.74, 6) is 0.892. The number of hydrogen-bond acceptors (Lipinski definition) is 5. The highest BCUT2D eigenvalue weighted by Crippen LogP contribution is 2.30. The van der Waals surface area contributed by atoms with E-state index in [1.807, 2.05) is 73.7 Å². The number of nitrogens with one attached hydrogen (secondary N) is 2. The van der Waals surface area contributed by atoms with Gasteiger partial charge in [-0.25, -0.2) is 0 Å². The molecular weight excluding hydrogens is 472 g/mol. The van der Waals surface area contributed by atoms with Crippen molar-refractivity contribution in [2.24, 2.45) is 0 Å². The third-order valence-corrected chi connectivity index (χ3v) is 7.02. The molecule has 0 aliphatic carbocycles. The van der Waals surface area contributed by atoms with Crippen LogP contribution in [0.3, 0.4) is 0 Å². The number of methoxy groups -OCH3 is 2. The van der Waals surface area contributed by atoms with E-state index in [9.17, 15) is 9.59 Å². The maximum Gasteiger partial charge on any atom is 0.255 e. The van der Waals surface area contributed by atoms with Crippen molar-refractivity contribution in [1.82, 2.24) is 0 Å². The fraction of sp³-hybridized carbons (Fsp3) is 0.172. The first kappa shape index (κ1) is 25.1. The molecular formula is C29H28N2O4S. The molecule has 4 aromatic rings. The first-order valence-corrected chi connectivity index (χ1v) is 12.5. The maximum atomic E-state index is 13.0. The third kappa shape index (κ3) is 6.17. The van der Waals surface area contributed by atoms with Crippen LogP contribution in [0, 0.1) is 0 Å². The number of amides is 2. The fourth-order valence-electron chi connectivity index (χ4n) is 3.77. The molecule has 1 unspecified atom stereocenters. The molecule has 0 heterocycles. The van der Waals surface area contributed by atoms with Gasteiger partial charge in [0.15, 0.2) is 0 Å². The van der Waals surface area contributed by atoms with Crippen LogP contribution in [-0.2, 0) is 4.79 Å². The van der Waals surface area contributed by atoms with Crippen LogP contribution in [0.2, 0.25) is 0 Å². The molecule has 6 nitrogen and oxygen atoms in total. The number of fused-ring (bicyclic) bond motifs is 1. The van der Waals surface area contributed by atoms with Crippen molar-refractivity contribution in [3.05, 3.63) is 90.5 Å². The average molecular weight is 501 g/mol. The van der Waals surface area contributed by atoms with Gasteiger partial charge < -0.3 is 20.1 Å². The minimum absolute atomic E-state index is 0.122. The predicted molar refractivity (Wildman–Crippen MR) is 146 cm³/mol. The number of anilines is 2. The molecule has 0 aliphatic rings. The topological polar surface area (TPSA) is 76.7 Å². The largest absolute Gasteiger partial charge is 0.497 e. The second-order valence-corrected chi connectivity index (χ2v) is 9.43. The zero-order chi connectivity index (χ0) is 25.5. The van der Waals surface area contributed by atoms with Crippen LogP contribution in [0.4, 0.5) is 11.4 Å². The Bertz CT molecular complexity index is 1370. The number of carbonyl (C=O) groups is 2. The van der Waals surface area contributed by atoms with Gasteiger partial charge in [0.1, 0.15) is 11.5 Å². The minimum atomic E-state index is -0.325. The molecule has 36 heavy (non-hydrogen) atoms. The molecule has 0 aliphatic heterocycles. The maximum absolute atomic E-state index is 13.0. The summed E-state index contributed by atoms with van der Waals surface area (Å²) in [6.07, 6.45) is 0.630. The highest BCUT2D eigenvalue weighted by atomic mass is 32.2. The molecule has 1 atom stereocenters. The highest BCUT2D eigenvalue weighted by Gasteiger charge is 2.19. The summed E-state index contributed by atoms with van der Waals surface area (Å²) in [5, 5.41) is 7.70. The van der Waals surface area contributed by atoms with E-state index in [-0.39, 0.29) is 17.1 Å². The van der Waals surface area contributed by atoms with E-state index in [4.69, 9.17) is 9.47 Å². The Morgan fingerprint density at radius 3 is 2.19 bits per heavy atom. The van der Waals surface area contributed by atoms with Gasteiger partial charge in [0, 0.05) is 40.0 Å². The fourth-order valence-corrected chi connectivity index (χ4v) is 4.78. The summed E-state index contributed by atoms with van der Waals surface area (Å²) in [7, 11) is 3.13. The Labute approximate surface area is 215 Å². The van der Waals surface area contributed by atoms with Crippen molar-refractivity contribution in [3.8, 4) is 11.5 Å². The van der Waals surface area contributed by atoms with Crippen molar-refractivity contribution in [3.63, 3.8) is 0 Å². The van der Waals surface area contributed by atoms with E-state index < -0.39 is 0 Å². The molecule has 184 valence electrons. The Balaban J connectivity index is 1.44. The monoisotopic (exact) mass is 500 g/mol. The van der Waals surface area contributed by atoms with E-state index in [0.717, 1.165) is 15.7 Å². The molecule has 4 rings (SSSR count). The number of ether oxygens (including phenoxy) is 2. The summed E-state index contributed by atoms with van der Waals surface area (Å²) < 4.78 is 10.6. The van der Waals surface area contributed by atoms with Gasteiger partial charge in [0.25, 0.3) is 5.91 Å². The van der Waals surface area contributed by atoms with Gasteiger partial charge in [0.2, 0.25) is 5.91 Å². The zero-order valence-electron chi connectivity index (χ0n) is 20.4. The van der Waals surface area contributed by atoms with Crippen molar-refractivity contribution < 1.29 is 19.1 Å². The van der Waals surface area contributed by atoms with Crippen LogP contribution >= 0.6 is 11.8 Å². The summed E-state index contributed by atoms with van der Waals surface area (Å²) in [4.78, 5) is 26.8. The van der Waals surface area contributed by atoms with E-state index in [1.54, 1.807) is 32.4 Å². The molecule has 7 heteroatoms. The van der Waals surface area contributed by atoms with Crippen LogP contribution in [0.5, 0.6) is 11.5 Å². The number of benzene rings is 4. The van der Waals surface area contributed by atoms with Crippen LogP contribution in [-0.4, -0.2) is 31.3 Å². The number of carbonyl (C=O) groups excluding carboxylic acids is 2. The lowest BCUT2D eigenvalue weighted by Crippen LogP contribution is -2.24. The second-order valence-electron chi connectivity index (χ2n) is 8.15. The molecule has 4 aromatic carbocycles. The van der Waals surface area contributed by atoms with Crippen molar-refractivity contribution >= 4 is 45.7 Å². The van der Waals surface area contributed by atoms with E-state index >= 15 is 0 Å². The van der Waals surface area contributed by atoms with E-state index in [1.165, 1.54) is 11.8 Å². The van der Waals surface area contributed by atoms with Crippen LogP contribution in [0.25, 0.3) is 10.8 Å². The van der Waals surface area contributed by atoms with Crippen LogP contribution in [0.1, 0.15) is 23.7 Å². The van der Waals surface area contributed by atoms with Crippen molar-refractivity contribution in [1.29, 1.82) is 0 Å². The Morgan fingerprint density at radius 2 is 1.50 bits per heavy atom. The van der Waals surface area contributed by atoms with Gasteiger partial charge >= 0.3 is 0 Å². The molecule has 2 amide bonds. The van der Waals surface area contributed by atoms with Gasteiger partial charge in [-0.05, 0) is 47.5 Å². The number of thioether (sulfide) groups is 1. The lowest BCUT2D eigenvalue weighted by molar-refractivity contribution is -0.115. The summed E-state index contributed by atoms with van der Waals surface area (Å²) >= 11 is 1.45. The van der Waals surface area contributed by atoms with Gasteiger partial charge in [-0.2, -0.15) is 0 Å². The Morgan fingerprint density at radius 1 is 0.778 bits per heavy atom. The second kappa shape index (κ2) is 11.6. The van der Waals surface area contributed by atoms with Gasteiger partial charge in [0.05, 0.1) is 19.5 Å². The number of hydrogen-bond donors (Lipinski definition) is 2. The third-order valence-electron chi connectivity index (χ3n) is 5.66. The Kier molecular flexibility index (Phi) is 8.13. The molecule has 0 saturated heterocycles. The first-order valence-electron chi connectivity index (χ1n) is 11.6. The SMILES string of the molecule is CCC(Sc1cccc(NC(=O)c2ccc3ccccc3c2)c1)C(=O)Nc1cc(OC)cc(OC)c1. The number of rotatable bonds is 9. The summed E-state index contributed by atoms with van der Waals surface area (Å²) in [6, 6.07) is 26.4. The minimum Gasteiger partial charge on any atom is -0.497 e. The lowest BCUT2D eigenvalue weighted by atomic mass is 10.1. The van der Waals surface area contributed by atoms with Crippen molar-refractivity contribution in [2.75, 3.05) is 24.9 Å². The molecule has 2 N–H and O–H groups in total. The predicted octanol–water partition coefficient (Wildman–Crippen LogP) is 6.62. The van der Waals surface area contributed by atoms with Crippen molar-refractivity contribution in [2.45, 2.75) is 23.5 Å². The van der Waals surface area contributed by atoms with E-state index in [2.05, 4.69) is 10.6 Å². The molecule has 0 bridgehead atoms. The van der Waals surface area contributed by atoms with Gasteiger partial charge in [-0.1, -0.05) is 43.3 Å². The molecule has 0 spiro atoms. The van der Waals surface area contributed by atoms with Gasteiger partial charge in [-0.15, -0.1) is 11.8 Å². The highest BCUT2D eigenvalue weighted by molar-refractivity contribution is 8.00. The summed E-state index contributed by atoms with van der Waals surface area (Å²) in [5.41, 5.74) is 1.86. The van der Waals surface area contributed by atoms with Crippen LogP contribution in [0.15, 0.2) is 89.8 Å². The summed E-state index contributed by atoms with van der Waals surface area (Å²) in [6.45, 7) is 1.97. The standard InChI is InChI=1S/C29H28N2O4S/c1-4-27(29(33)31-23-15-24(34-2)18-25(16-23)35-3)36-26-11-7-10-22(17-26)30-28(32)21-13-12-19-8-5-6-9-20(19)14-21/h5-18,27H,4H2,1-3H3,(H,30,32)(H,31,33). The van der Waals surface area contributed by atoms with Gasteiger partial charge in [-0.3, -0.25) is 9.59 Å².